The van der Waals surface area contributed by atoms with Crippen LogP contribution in [-0.4, -0.2) is 25.2 Å². The molecule has 0 aliphatic heterocycles. The Bertz CT molecular complexity index is 591. The first-order valence-electron chi connectivity index (χ1n) is 5.08. The van der Waals surface area contributed by atoms with Gasteiger partial charge >= 0.3 is 5.97 Å². The van der Waals surface area contributed by atoms with Gasteiger partial charge in [0.05, 0.1) is 15.9 Å². The van der Waals surface area contributed by atoms with E-state index in [1.54, 1.807) is 0 Å². The van der Waals surface area contributed by atoms with Gasteiger partial charge in [0.2, 0.25) is 10.0 Å². The Balaban J connectivity index is 2.78. The molecule has 0 saturated heterocycles. The third-order valence-electron chi connectivity index (χ3n) is 2.08. The summed E-state index contributed by atoms with van der Waals surface area (Å²) in [4.78, 5) is 10.3. The Morgan fingerprint density at radius 1 is 1.32 bits per heavy atom. The molecule has 0 heterocycles. The van der Waals surface area contributed by atoms with Crippen molar-refractivity contribution in [2.45, 2.75) is 12.8 Å². The zero-order valence-corrected chi connectivity index (χ0v) is 11.9. The lowest BCUT2D eigenvalue weighted by molar-refractivity contribution is -0.137. The van der Waals surface area contributed by atoms with Crippen molar-refractivity contribution in [3.8, 4) is 0 Å². The van der Waals surface area contributed by atoms with Crippen molar-refractivity contribution in [2.24, 2.45) is 0 Å². The summed E-state index contributed by atoms with van der Waals surface area (Å²) >= 11 is 2.81. The first-order valence-corrected chi connectivity index (χ1v) is 7.52. The summed E-state index contributed by atoms with van der Waals surface area (Å²) in [6.45, 7) is 0. The Hall–Kier alpha value is -1.22. The summed E-state index contributed by atoms with van der Waals surface area (Å²) in [6, 6.07) is 1.50. The van der Waals surface area contributed by atoms with Crippen LogP contribution in [0.25, 0.3) is 0 Å². The summed E-state index contributed by atoms with van der Waals surface area (Å²) in [5.41, 5.74) is -0.399. The van der Waals surface area contributed by atoms with Gasteiger partial charge in [-0.15, -0.1) is 0 Å². The maximum absolute atomic E-state index is 13.3. The number of carboxylic acid groups (broad SMARTS) is 1. The van der Waals surface area contributed by atoms with Crippen LogP contribution in [0.1, 0.15) is 12.8 Å². The Kier molecular flexibility index (Phi) is 5.24. The van der Waals surface area contributed by atoms with E-state index in [1.807, 2.05) is 4.72 Å². The number of aliphatic carboxylic acids is 1. The fraction of sp³-hybridized carbons (Fsp3) is 0.300. The van der Waals surface area contributed by atoms with Crippen molar-refractivity contribution >= 4 is 37.6 Å². The zero-order chi connectivity index (χ0) is 14.6. The van der Waals surface area contributed by atoms with E-state index in [9.17, 15) is 22.0 Å². The molecular formula is C10H10BrF2NO4S. The summed E-state index contributed by atoms with van der Waals surface area (Å²) in [7, 11) is -3.88. The van der Waals surface area contributed by atoms with Crippen molar-refractivity contribution in [3.63, 3.8) is 0 Å². The monoisotopic (exact) mass is 357 g/mol. The minimum Gasteiger partial charge on any atom is -0.481 e. The van der Waals surface area contributed by atoms with Gasteiger partial charge in [-0.3, -0.25) is 9.52 Å². The lowest BCUT2D eigenvalue weighted by atomic mass is 10.3. The number of carboxylic acids is 1. The molecule has 2 N–H and O–H groups in total. The number of hydrogen-bond acceptors (Lipinski definition) is 3. The lowest BCUT2D eigenvalue weighted by Gasteiger charge is -2.09. The minimum absolute atomic E-state index is 0.0860. The number of rotatable bonds is 6. The van der Waals surface area contributed by atoms with E-state index in [0.29, 0.717) is 6.07 Å². The average Bonchev–Trinajstić information content (AvgIpc) is 2.24. The molecule has 0 spiro atoms. The summed E-state index contributed by atoms with van der Waals surface area (Å²) in [5.74, 6) is -3.49. The predicted molar refractivity (Wildman–Crippen MR) is 68.3 cm³/mol. The van der Waals surface area contributed by atoms with Crippen LogP contribution in [0.4, 0.5) is 14.5 Å². The second-order valence-electron chi connectivity index (χ2n) is 3.66. The van der Waals surface area contributed by atoms with Gasteiger partial charge in [0.1, 0.15) is 11.6 Å². The average molecular weight is 358 g/mol. The van der Waals surface area contributed by atoms with Crippen LogP contribution in [0.15, 0.2) is 16.6 Å². The summed E-state index contributed by atoms with van der Waals surface area (Å²) in [5, 5.41) is 8.39. The summed E-state index contributed by atoms with van der Waals surface area (Å²) in [6.07, 6.45) is -0.412. The van der Waals surface area contributed by atoms with Crippen LogP contribution in [0, 0.1) is 11.6 Å². The SMILES string of the molecule is O=C(O)CCCS(=O)(=O)Nc1cc(Br)c(F)cc1F. The van der Waals surface area contributed by atoms with Crippen molar-refractivity contribution in [3.05, 3.63) is 28.2 Å². The molecule has 0 radical (unpaired) electrons. The normalized spacial score (nSPS) is 11.3. The maximum Gasteiger partial charge on any atom is 0.303 e. The standard InChI is InChI=1S/C10H10BrF2NO4S/c11-6-4-9(8(13)5-7(6)12)14-19(17,18)3-1-2-10(15)16/h4-5,14H,1-3H2,(H,15,16). The largest absolute Gasteiger partial charge is 0.481 e. The van der Waals surface area contributed by atoms with Gasteiger partial charge in [-0.25, -0.2) is 17.2 Å². The van der Waals surface area contributed by atoms with Gasteiger partial charge in [0, 0.05) is 12.5 Å². The molecule has 1 rings (SSSR count). The smallest absolute Gasteiger partial charge is 0.303 e. The van der Waals surface area contributed by atoms with Gasteiger partial charge in [0.25, 0.3) is 0 Å². The fourth-order valence-corrected chi connectivity index (χ4v) is 2.69. The van der Waals surface area contributed by atoms with Gasteiger partial charge in [-0.2, -0.15) is 0 Å². The van der Waals surface area contributed by atoms with Crippen molar-refractivity contribution in [2.75, 3.05) is 10.5 Å². The highest BCUT2D eigenvalue weighted by Crippen LogP contribution is 2.24. The zero-order valence-electron chi connectivity index (χ0n) is 9.49. The molecule has 0 amide bonds. The highest BCUT2D eigenvalue weighted by Gasteiger charge is 2.15. The van der Waals surface area contributed by atoms with E-state index < -0.39 is 39.1 Å². The molecule has 5 nitrogen and oxygen atoms in total. The molecule has 0 aliphatic carbocycles. The van der Waals surface area contributed by atoms with Crippen molar-refractivity contribution in [1.29, 1.82) is 0 Å². The molecular weight excluding hydrogens is 348 g/mol. The van der Waals surface area contributed by atoms with E-state index in [1.165, 1.54) is 0 Å². The van der Waals surface area contributed by atoms with E-state index in [2.05, 4.69) is 15.9 Å². The minimum atomic E-state index is -3.88. The molecule has 0 atom stereocenters. The molecule has 0 saturated carbocycles. The van der Waals surface area contributed by atoms with Gasteiger partial charge < -0.3 is 5.11 Å². The summed E-state index contributed by atoms with van der Waals surface area (Å²) < 4.78 is 51.2. The van der Waals surface area contributed by atoms with Crippen LogP contribution in [0.3, 0.4) is 0 Å². The number of halogens is 3. The molecule has 0 bridgehead atoms. The molecule has 0 unspecified atom stereocenters. The first-order chi connectivity index (χ1) is 8.71. The van der Waals surface area contributed by atoms with Crippen LogP contribution in [-0.2, 0) is 14.8 Å². The van der Waals surface area contributed by atoms with Gasteiger partial charge in [-0.05, 0) is 28.4 Å². The predicted octanol–water partition coefficient (Wildman–Crippen LogP) is 2.33. The molecule has 0 fully saturated rings. The van der Waals surface area contributed by atoms with Gasteiger partial charge in [0.15, 0.2) is 0 Å². The molecule has 9 heteroatoms. The fourth-order valence-electron chi connectivity index (χ4n) is 1.23. The molecule has 0 aliphatic rings. The van der Waals surface area contributed by atoms with E-state index in [-0.39, 0.29) is 17.3 Å². The number of sulfonamides is 1. The Morgan fingerprint density at radius 2 is 1.95 bits per heavy atom. The van der Waals surface area contributed by atoms with E-state index >= 15 is 0 Å². The molecule has 19 heavy (non-hydrogen) atoms. The van der Waals surface area contributed by atoms with Crippen LogP contribution >= 0.6 is 15.9 Å². The third kappa shape index (κ3) is 5.11. The topological polar surface area (TPSA) is 83.5 Å². The van der Waals surface area contributed by atoms with Crippen LogP contribution in [0.5, 0.6) is 0 Å². The molecule has 1 aromatic rings. The number of carbonyl (C=O) groups is 1. The second-order valence-corrected chi connectivity index (χ2v) is 6.36. The number of benzene rings is 1. The molecule has 1 aromatic carbocycles. The highest BCUT2D eigenvalue weighted by molar-refractivity contribution is 9.10. The molecule has 106 valence electrons. The number of anilines is 1. The van der Waals surface area contributed by atoms with Crippen molar-refractivity contribution < 1.29 is 27.1 Å². The second kappa shape index (κ2) is 6.29. The van der Waals surface area contributed by atoms with Crippen LogP contribution < -0.4 is 4.72 Å². The van der Waals surface area contributed by atoms with Crippen LogP contribution in [0.2, 0.25) is 0 Å². The van der Waals surface area contributed by atoms with Crippen molar-refractivity contribution in [1.82, 2.24) is 0 Å². The third-order valence-corrected chi connectivity index (χ3v) is 4.04. The Labute approximate surface area is 116 Å². The number of hydrogen-bond donors (Lipinski definition) is 2. The Morgan fingerprint density at radius 3 is 2.53 bits per heavy atom. The quantitative estimate of drug-likeness (QED) is 0.765. The first kappa shape index (κ1) is 15.8. The van der Waals surface area contributed by atoms with E-state index in [0.717, 1.165) is 6.07 Å². The highest BCUT2D eigenvalue weighted by atomic mass is 79.9. The molecule has 0 aromatic heterocycles. The van der Waals surface area contributed by atoms with Gasteiger partial charge in [-0.1, -0.05) is 0 Å². The maximum atomic E-state index is 13.3. The van der Waals surface area contributed by atoms with E-state index in [4.69, 9.17) is 5.11 Å². The lowest BCUT2D eigenvalue weighted by Crippen LogP contribution is -2.18. The number of nitrogens with one attached hydrogen (secondary N) is 1.